The van der Waals surface area contributed by atoms with Crippen LogP contribution in [-0.4, -0.2) is 31.7 Å². The summed E-state index contributed by atoms with van der Waals surface area (Å²) in [5.74, 6) is 0. The van der Waals surface area contributed by atoms with Crippen LogP contribution in [0.25, 0.3) is 0 Å². The van der Waals surface area contributed by atoms with E-state index in [0.29, 0.717) is 6.61 Å². The van der Waals surface area contributed by atoms with Crippen molar-refractivity contribution in [3.63, 3.8) is 0 Å². The minimum Gasteiger partial charge on any atom is -0.415 e. The molecule has 0 N–H and O–H groups in total. The van der Waals surface area contributed by atoms with Crippen molar-refractivity contribution in [3.8, 4) is 0 Å². The number of nitrogens with zero attached hydrogens (tertiary/aromatic N) is 1. The van der Waals surface area contributed by atoms with E-state index in [1.54, 1.807) is 14.1 Å². The fraction of sp³-hybridized carbons (Fsp3) is 0.417. The molecule has 1 heterocycles. The van der Waals surface area contributed by atoms with E-state index in [1.165, 1.54) is 4.90 Å². The molecule has 5 heteroatoms. The summed E-state index contributed by atoms with van der Waals surface area (Å²) in [6.07, 6.45) is -0.179. The highest BCUT2D eigenvalue weighted by Crippen LogP contribution is 2.32. The minimum absolute atomic E-state index is 0.400. The third-order valence-corrected chi connectivity index (χ3v) is 3.35. The molecule has 0 radical (unpaired) electrons. The number of carbonyl (C=O) groups excluding carboxylic acids is 1. The van der Waals surface area contributed by atoms with Crippen molar-refractivity contribution in [3.05, 3.63) is 33.8 Å². The zero-order chi connectivity index (χ0) is 12.4. The molecule has 4 nitrogen and oxygen atoms in total. The molecule has 1 aromatic carbocycles. The summed E-state index contributed by atoms with van der Waals surface area (Å²) in [6.45, 7) is 0.557. The van der Waals surface area contributed by atoms with Crippen LogP contribution in [0.3, 0.4) is 0 Å². The molecule has 2 rings (SSSR count). The Morgan fingerprint density at radius 3 is 3.00 bits per heavy atom. The predicted molar refractivity (Wildman–Crippen MR) is 66.7 cm³/mol. The maximum atomic E-state index is 11.5. The SMILES string of the molecule is CN(C)C(=O)OC1OCCc2c(Br)cccc21. The lowest BCUT2D eigenvalue weighted by Crippen LogP contribution is -2.28. The molecular formula is C12H14BrNO3. The molecule has 1 amide bonds. The van der Waals surface area contributed by atoms with Crippen LogP contribution in [-0.2, 0) is 15.9 Å². The first kappa shape index (κ1) is 12.4. The molecular weight excluding hydrogens is 286 g/mol. The van der Waals surface area contributed by atoms with Gasteiger partial charge in [-0.2, -0.15) is 0 Å². The van der Waals surface area contributed by atoms with Crippen LogP contribution in [0.5, 0.6) is 0 Å². The van der Waals surface area contributed by atoms with Crippen molar-refractivity contribution in [2.75, 3.05) is 20.7 Å². The number of rotatable bonds is 1. The molecule has 1 atom stereocenters. The van der Waals surface area contributed by atoms with Gasteiger partial charge in [0, 0.05) is 24.1 Å². The normalized spacial score (nSPS) is 18.4. The first-order valence-corrected chi connectivity index (χ1v) is 6.15. The molecule has 1 aliphatic heterocycles. The van der Waals surface area contributed by atoms with Crippen molar-refractivity contribution < 1.29 is 14.3 Å². The van der Waals surface area contributed by atoms with Gasteiger partial charge in [0.15, 0.2) is 0 Å². The first-order chi connectivity index (χ1) is 8.09. The average molecular weight is 300 g/mol. The number of carbonyl (C=O) groups is 1. The topological polar surface area (TPSA) is 38.8 Å². The zero-order valence-corrected chi connectivity index (χ0v) is 11.4. The summed E-state index contributed by atoms with van der Waals surface area (Å²) in [7, 11) is 3.29. The zero-order valence-electron chi connectivity index (χ0n) is 9.77. The Morgan fingerprint density at radius 2 is 2.29 bits per heavy atom. The maximum absolute atomic E-state index is 11.5. The summed E-state index contributed by atoms with van der Waals surface area (Å²) in [4.78, 5) is 12.9. The predicted octanol–water partition coefficient (Wildman–Crippen LogP) is 2.72. The van der Waals surface area contributed by atoms with Crippen LogP contribution in [0.15, 0.2) is 22.7 Å². The Hall–Kier alpha value is -1.07. The van der Waals surface area contributed by atoms with Gasteiger partial charge in [-0.3, -0.25) is 0 Å². The number of halogens is 1. The molecule has 17 heavy (non-hydrogen) atoms. The van der Waals surface area contributed by atoms with E-state index in [-0.39, 0.29) is 0 Å². The third kappa shape index (κ3) is 2.61. The van der Waals surface area contributed by atoms with E-state index in [1.807, 2.05) is 18.2 Å². The molecule has 0 spiro atoms. The van der Waals surface area contributed by atoms with E-state index in [0.717, 1.165) is 22.0 Å². The van der Waals surface area contributed by atoms with Gasteiger partial charge in [-0.1, -0.05) is 28.1 Å². The highest BCUT2D eigenvalue weighted by Gasteiger charge is 2.26. The van der Waals surface area contributed by atoms with E-state index in [9.17, 15) is 4.79 Å². The van der Waals surface area contributed by atoms with Crippen LogP contribution < -0.4 is 0 Å². The van der Waals surface area contributed by atoms with E-state index < -0.39 is 12.4 Å². The lowest BCUT2D eigenvalue weighted by molar-refractivity contribution is -0.120. The van der Waals surface area contributed by atoms with Gasteiger partial charge in [-0.15, -0.1) is 0 Å². The summed E-state index contributed by atoms with van der Waals surface area (Å²) < 4.78 is 11.8. The summed E-state index contributed by atoms with van der Waals surface area (Å²) in [5.41, 5.74) is 2.07. The molecule has 0 aliphatic carbocycles. The van der Waals surface area contributed by atoms with Crippen LogP contribution in [0.2, 0.25) is 0 Å². The second kappa shape index (κ2) is 5.06. The number of ether oxygens (including phenoxy) is 2. The highest BCUT2D eigenvalue weighted by atomic mass is 79.9. The first-order valence-electron chi connectivity index (χ1n) is 5.36. The van der Waals surface area contributed by atoms with Crippen molar-refractivity contribution in [1.29, 1.82) is 0 Å². The van der Waals surface area contributed by atoms with Gasteiger partial charge >= 0.3 is 6.09 Å². The van der Waals surface area contributed by atoms with Gasteiger partial charge in [0.25, 0.3) is 0 Å². The van der Waals surface area contributed by atoms with E-state index in [2.05, 4.69) is 15.9 Å². The number of amides is 1. The standard InChI is InChI=1S/C12H14BrNO3/c1-14(2)12(15)17-11-9-4-3-5-10(13)8(9)6-7-16-11/h3-5,11H,6-7H2,1-2H3. The molecule has 1 aromatic rings. The Balaban J connectivity index is 2.23. The molecule has 0 saturated heterocycles. The van der Waals surface area contributed by atoms with Crippen molar-refractivity contribution in [2.24, 2.45) is 0 Å². The summed E-state index contributed by atoms with van der Waals surface area (Å²) >= 11 is 3.50. The van der Waals surface area contributed by atoms with Crippen LogP contribution in [0.1, 0.15) is 17.4 Å². The van der Waals surface area contributed by atoms with Crippen LogP contribution in [0, 0.1) is 0 Å². The van der Waals surface area contributed by atoms with Gasteiger partial charge in [-0.05, 0) is 18.1 Å². The van der Waals surface area contributed by atoms with Crippen molar-refractivity contribution in [1.82, 2.24) is 4.90 Å². The monoisotopic (exact) mass is 299 g/mol. The van der Waals surface area contributed by atoms with Gasteiger partial charge in [0.05, 0.1) is 6.61 Å². The second-order valence-electron chi connectivity index (χ2n) is 4.04. The number of hydrogen-bond donors (Lipinski definition) is 0. The Labute approximate surface area is 109 Å². The van der Waals surface area contributed by atoms with Crippen molar-refractivity contribution >= 4 is 22.0 Å². The molecule has 92 valence electrons. The molecule has 0 bridgehead atoms. The minimum atomic E-state index is -0.605. The molecule has 1 aliphatic rings. The molecule has 0 saturated carbocycles. The van der Waals surface area contributed by atoms with Gasteiger partial charge in [0.2, 0.25) is 6.29 Å². The summed E-state index contributed by atoms with van der Waals surface area (Å²) in [5, 5.41) is 0. The Kier molecular flexibility index (Phi) is 3.69. The van der Waals surface area contributed by atoms with Crippen LogP contribution >= 0.6 is 15.9 Å². The van der Waals surface area contributed by atoms with Gasteiger partial charge in [-0.25, -0.2) is 4.79 Å². The lowest BCUT2D eigenvalue weighted by atomic mass is 10.0. The highest BCUT2D eigenvalue weighted by molar-refractivity contribution is 9.10. The summed E-state index contributed by atoms with van der Waals surface area (Å²) in [6, 6.07) is 5.82. The molecule has 1 unspecified atom stereocenters. The van der Waals surface area contributed by atoms with Gasteiger partial charge in [0.1, 0.15) is 0 Å². The average Bonchev–Trinajstić information content (AvgIpc) is 2.30. The van der Waals surface area contributed by atoms with E-state index in [4.69, 9.17) is 9.47 Å². The lowest BCUT2D eigenvalue weighted by Gasteiger charge is -2.27. The Bertz CT molecular complexity index is 434. The maximum Gasteiger partial charge on any atom is 0.411 e. The molecule has 0 aromatic heterocycles. The smallest absolute Gasteiger partial charge is 0.411 e. The number of hydrogen-bond acceptors (Lipinski definition) is 3. The second-order valence-corrected chi connectivity index (χ2v) is 4.89. The van der Waals surface area contributed by atoms with Crippen LogP contribution in [0.4, 0.5) is 4.79 Å². The fourth-order valence-corrected chi connectivity index (χ4v) is 2.29. The van der Waals surface area contributed by atoms with Crippen molar-refractivity contribution in [2.45, 2.75) is 12.7 Å². The van der Waals surface area contributed by atoms with Gasteiger partial charge < -0.3 is 14.4 Å². The Morgan fingerprint density at radius 1 is 1.53 bits per heavy atom. The number of fused-ring (bicyclic) bond motifs is 1. The van der Waals surface area contributed by atoms with E-state index >= 15 is 0 Å². The number of benzene rings is 1. The molecule has 0 fully saturated rings. The largest absolute Gasteiger partial charge is 0.415 e. The third-order valence-electron chi connectivity index (χ3n) is 2.60. The fourth-order valence-electron chi connectivity index (χ4n) is 1.71. The quantitative estimate of drug-likeness (QED) is 0.800.